The Morgan fingerprint density at radius 3 is 2.56 bits per heavy atom. The van der Waals surface area contributed by atoms with Gasteiger partial charge in [0.25, 0.3) is 0 Å². The van der Waals surface area contributed by atoms with Gasteiger partial charge in [0, 0.05) is 11.8 Å². The van der Waals surface area contributed by atoms with E-state index in [9.17, 15) is 14.4 Å². The minimum absolute atomic E-state index is 0.202. The molecule has 1 amide bonds. The van der Waals surface area contributed by atoms with Gasteiger partial charge in [0.2, 0.25) is 5.91 Å². The van der Waals surface area contributed by atoms with Crippen molar-refractivity contribution in [1.29, 1.82) is 0 Å². The van der Waals surface area contributed by atoms with E-state index in [2.05, 4.69) is 10.1 Å². The lowest BCUT2D eigenvalue weighted by molar-refractivity contribution is -0.111. The van der Waals surface area contributed by atoms with Gasteiger partial charge < -0.3 is 14.5 Å². The number of esters is 1. The second-order valence-corrected chi connectivity index (χ2v) is 5.91. The summed E-state index contributed by atoms with van der Waals surface area (Å²) in [4.78, 5) is 36.0. The van der Waals surface area contributed by atoms with Gasteiger partial charge in [0.1, 0.15) is 11.8 Å². The van der Waals surface area contributed by atoms with Crippen LogP contribution in [0.5, 0.6) is 0 Å². The van der Waals surface area contributed by atoms with Gasteiger partial charge >= 0.3 is 5.97 Å². The first kappa shape index (κ1) is 18.1. The fraction of sp³-hybridized carbons (Fsp3) is 0.0952. The van der Waals surface area contributed by atoms with Crippen LogP contribution in [0.25, 0.3) is 17.0 Å². The van der Waals surface area contributed by atoms with Crippen LogP contribution in [0.1, 0.15) is 21.5 Å². The van der Waals surface area contributed by atoms with Crippen LogP contribution in [0.15, 0.2) is 64.0 Å². The fourth-order valence-corrected chi connectivity index (χ4v) is 2.53. The minimum atomic E-state index is -0.453. The van der Waals surface area contributed by atoms with Crippen LogP contribution in [0.3, 0.4) is 0 Å². The van der Waals surface area contributed by atoms with E-state index in [0.29, 0.717) is 22.2 Å². The van der Waals surface area contributed by atoms with E-state index in [1.54, 1.807) is 36.4 Å². The van der Waals surface area contributed by atoms with Crippen molar-refractivity contribution in [2.45, 2.75) is 6.92 Å². The van der Waals surface area contributed by atoms with Crippen LogP contribution in [-0.2, 0) is 9.53 Å². The van der Waals surface area contributed by atoms with E-state index in [1.807, 2.05) is 13.0 Å². The molecule has 3 aromatic rings. The van der Waals surface area contributed by atoms with Crippen molar-refractivity contribution in [2.24, 2.45) is 0 Å². The van der Waals surface area contributed by atoms with Crippen LogP contribution < -0.4 is 10.7 Å². The highest BCUT2D eigenvalue weighted by atomic mass is 16.5. The second-order valence-electron chi connectivity index (χ2n) is 5.91. The molecule has 0 radical (unpaired) electrons. The van der Waals surface area contributed by atoms with E-state index >= 15 is 0 Å². The van der Waals surface area contributed by atoms with E-state index in [1.165, 1.54) is 25.5 Å². The Kier molecular flexibility index (Phi) is 5.17. The quantitative estimate of drug-likeness (QED) is 0.566. The Balaban J connectivity index is 1.75. The van der Waals surface area contributed by atoms with E-state index in [0.717, 1.165) is 5.56 Å². The molecule has 0 saturated carbocycles. The summed E-state index contributed by atoms with van der Waals surface area (Å²) < 4.78 is 10.1. The van der Waals surface area contributed by atoms with Gasteiger partial charge in [0.05, 0.1) is 23.6 Å². The van der Waals surface area contributed by atoms with Gasteiger partial charge in [-0.25, -0.2) is 4.79 Å². The van der Waals surface area contributed by atoms with Gasteiger partial charge in [-0.05, 0) is 49.4 Å². The van der Waals surface area contributed by atoms with Crippen LogP contribution in [0.4, 0.5) is 5.69 Å². The molecular formula is C21H17NO5. The highest BCUT2D eigenvalue weighted by Gasteiger charge is 2.07. The molecule has 0 unspecified atom stereocenters. The smallest absolute Gasteiger partial charge is 0.337 e. The van der Waals surface area contributed by atoms with Gasteiger partial charge in [-0.15, -0.1) is 0 Å². The molecule has 0 saturated heterocycles. The summed E-state index contributed by atoms with van der Waals surface area (Å²) in [5.74, 6) is -0.865. The Morgan fingerprint density at radius 1 is 1.11 bits per heavy atom. The number of amides is 1. The van der Waals surface area contributed by atoms with Gasteiger partial charge in [-0.1, -0.05) is 11.6 Å². The standard InChI is InChI=1S/C21H17NO5/c1-13-3-9-18-17(11-13)20(24)15(12-27-18)6-10-19(23)22-16-7-4-14(5-8-16)21(25)26-2/h3-12H,1-2H3,(H,22,23)/b10-6+. The zero-order valence-electron chi connectivity index (χ0n) is 14.8. The molecule has 136 valence electrons. The summed E-state index contributed by atoms with van der Waals surface area (Å²) in [6, 6.07) is 11.6. The highest BCUT2D eigenvalue weighted by Crippen LogP contribution is 2.14. The number of hydrogen-bond acceptors (Lipinski definition) is 5. The van der Waals surface area contributed by atoms with Crippen LogP contribution in [-0.4, -0.2) is 19.0 Å². The Labute approximate surface area is 155 Å². The summed E-state index contributed by atoms with van der Waals surface area (Å²) in [7, 11) is 1.30. The van der Waals surface area contributed by atoms with E-state index in [-0.39, 0.29) is 11.0 Å². The van der Waals surface area contributed by atoms with Crippen molar-refractivity contribution in [2.75, 3.05) is 12.4 Å². The van der Waals surface area contributed by atoms with E-state index < -0.39 is 11.9 Å². The summed E-state index contributed by atoms with van der Waals surface area (Å²) in [6.45, 7) is 1.89. The average Bonchev–Trinajstić information content (AvgIpc) is 2.68. The van der Waals surface area contributed by atoms with Crippen LogP contribution in [0.2, 0.25) is 0 Å². The largest absolute Gasteiger partial charge is 0.465 e. The molecule has 1 heterocycles. The van der Waals surface area contributed by atoms with Gasteiger partial charge in [-0.2, -0.15) is 0 Å². The number of carbonyl (C=O) groups is 2. The third-order valence-corrected chi connectivity index (χ3v) is 3.94. The lowest BCUT2D eigenvalue weighted by Crippen LogP contribution is -2.09. The zero-order chi connectivity index (χ0) is 19.4. The second kappa shape index (κ2) is 7.70. The molecular weight excluding hydrogens is 346 g/mol. The number of benzene rings is 2. The van der Waals surface area contributed by atoms with Gasteiger partial charge in [0.15, 0.2) is 5.43 Å². The third-order valence-electron chi connectivity index (χ3n) is 3.94. The number of anilines is 1. The SMILES string of the molecule is COC(=O)c1ccc(NC(=O)/C=C/c2coc3ccc(C)cc3c2=O)cc1. The topological polar surface area (TPSA) is 85.6 Å². The first-order chi connectivity index (χ1) is 13.0. The van der Waals surface area contributed by atoms with Crippen molar-refractivity contribution < 1.29 is 18.7 Å². The van der Waals surface area contributed by atoms with Crippen molar-refractivity contribution >= 4 is 34.6 Å². The maximum atomic E-state index is 12.5. The normalized spacial score (nSPS) is 10.9. The molecule has 0 aliphatic rings. The number of ether oxygens (including phenoxy) is 1. The molecule has 2 aromatic carbocycles. The summed E-state index contributed by atoms with van der Waals surface area (Å²) in [6.07, 6.45) is 3.99. The van der Waals surface area contributed by atoms with E-state index in [4.69, 9.17) is 4.42 Å². The third kappa shape index (κ3) is 4.12. The van der Waals surface area contributed by atoms with Crippen molar-refractivity contribution in [3.8, 4) is 0 Å². The molecule has 27 heavy (non-hydrogen) atoms. The molecule has 0 spiro atoms. The molecule has 0 aliphatic carbocycles. The lowest BCUT2D eigenvalue weighted by atomic mass is 10.1. The molecule has 0 fully saturated rings. The number of rotatable bonds is 4. The van der Waals surface area contributed by atoms with Crippen molar-refractivity contribution in [3.63, 3.8) is 0 Å². The molecule has 0 aliphatic heterocycles. The molecule has 1 aromatic heterocycles. The Hall–Kier alpha value is -3.67. The molecule has 0 bridgehead atoms. The molecule has 1 N–H and O–H groups in total. The number of nitrogens with one attached hydrogen (secondary N) is 1. The predicted molar refractivity (Wildman–Crippen MR) is 103 cm³/mol. The molecule has 6 nitrogen and oxygen atoms in total. The minimum Gasteiger partial charge on any atom is -0.465 e. The number of fused-ring (bicyclic) bond motifs is 1. The van der Waals surface area contributed by atoms with Crippen molar-refractivity contribution in [1.82, 2.24) is 0 Å². The fourth-order valence-electron chi connectivity index (χ4n) is 2.53. The number of aryl methyl sites for hydroxylation is 1. The van der Waals surface area contributed by atoms with Crippen LogP contribution in [0, 0.1) is 6.92 Å². The Morgan fingerprint density at radius 2 is 1.85 bits per heavy atom. The monoisotopic (exact) mass is 363 g/mol. The number of carbonyl (C=O) groups excluding carboxylic acids is 2. The zero-order valence-corrected chi connectivity index (χ0v) is 14.8. The maximum Gasteiger partial charge on any atom is 0.337 e. The average molecular weight is 363 g/mol. The predicted octanol–water partition coefficient (Wildman–Crippen LogP) is 3.54. The highest BCUT2D eigenvalue weighted by molar-refractivity contribution is 6.02. The summed E-state index contributed by atoms with van der Waals surface area (Å²) in [5, 5.41) is 3.12. The molecule has 0 atom stereocenters. The molecule has 3 rings (SSSR count). The van der Waals surface area contributed by atoms with Crippen molar-refractivity contribution in [3.05, 3.63) is 81.7 Å². The lowest BCUT2D eigenvalue weighted by Gasteiger charge is -2.04. The first-order valence-corrected chi connectivity index (χ1v) is 8.17. The van der Waals surface area contributed by atoms with Gasteiger partial charge in [-0.3, -0.25) is 9.59 Å². The first-order valence-electron chi connectivity index (χ1n) is 8.17. The number of methoxy groups -OCH3 is 1. The molecule has 6 heteroatoms. The summed E-state index contributed by atoms with van der Waals surface area (Å²) >= 11 is 0. The van der Waals surface area contributed by atoms with Crippen LogP contribution >= 0.6 is 0 Å². The Bertz CT molecular complexity index is 1090. The maximum absolute atomic E-state index is 12.5. The summed E-state index contributed by atoms with van der Waals surface area (Å²) in [5.41, 5.74) is 2.42. The number of hydrogen-bond donors (Lipinski definition) is 1.